The molecule has 0 saturated carbocycles. The van der Waals surface area contributed by atoms with Crippen molar-refractivity contribution < 1.29 is 14.3 Å². The van der Waals surface area contributed by atoms with Gasteiger partial charge in [0.2, 0.25) is 5.91 Å². The Morgan fingerprint density at radius 1 is 1.19 bits per heavy atom. The topological polar surface area (TPSA) is 50.8 Å². The third-order valence-electron chi connectivity index (χ3n) is 7.16. The Hall–Kier alpha value is -1.69. The van der Waals surface area contributed by atoms with Crippen molar-refractivity contribution >= 4 is 5.91 Å². The van der Waals surface area contributed by atoms with Gasteiger partial charge < -0.3 is 14.4 Å². The van der Waals surface area contributed by atoms with E-state index in [1.807, 2.05) is 4.90 Å². The van der Waals surface area contributed by atoms with Crippen molar-refractivity contribution in [2.24, 2.45) is 16.7 Å². The maximum atomic E-state index is 13.2. The van der Waals surface area contributed by atoms with Gasteiger partial charge in [-0.05, 0) is 66.9 Å². The van der Waals surface area contributed by atoms with Crippen LogP contribution < -0.4 is 5.32 Å². The van der Waals surface area contributed by atoms with Crippen LogP contribution in [0, 0.1) is 16.7 Å². The molecule has 5 nitrogen and oxygen atoms in total. The largest absolute Gasteiger partial charge is 0.381 e. The second-order valence-electron chi connectivity index (χ2n) is 12.5. The Bertz CT molecular complexity index is 816. The molecule has 0 aromatic carbocycles. The summed E-state index contributed by atoms with van der Waals surface area (Å²) in [4.78, 5) is 15.2. The number of nitrogens with one attached hydrogen (secondary N) is 1. The second kappa shape index (κ2) is 14.3. The zero-order valence-corrected chi connectivity index (χ0v) is 24.2. The summed E-state index contributed by atoms with van der Waals surface area (Å²) < 4.78 is 11.2. The van der Waals surface area contributed by atoms with Crippen LogP contribution in [0.25, 0.3) is 0 Å². The van der Waals surface area contributed by atoms with Gasteiger partial charge in [-0.3, -0.25) is 10.1 Å². The van der Waals surface area contributed by atoms with Crippen LogP contribution in [0.5, 0.6) is 0 Å². The average Bonchev–Trinajstić information content (AvgIpc) is 3.22. The first kappa shape index (κ1) is 30.5. The van der Waals surface area contributed by atoms with E-state index in [1.54, 1.807) is 7.11 Å². The minimum Gasteiger partial charge on any atom is -0.381 e. The predicted molar refractivity (Wildman–Crippen MR) is 151 cm³/mol. The zero-order valence-electron chi connectivity index (χ0n) is 24.2. The number of hydrogen-bond acceptors (Lipinski definition) is 4. The van der Waals surface area contributed by atoms with E-state index in [0.717, 1.165) is 38.6 Å². The van der Waals surface area contributed by atoms with Crippen molar-refractivity contribution in [3.63, 3.8) is 0 Å². The standard InChI is InChI=1S/C31H52N2O3/c1-24-15-16-26(17-20-35-8)27(21-24)14-10-9-11-18-31(6,7)22-36-23-32-28(30(3,4)5)29(34)33-19-12-13-25(33)2/h9,11,14-17,24-25,28,32H,10,12-13,18-23H2,1-8H3/b11-9-,26-17-,27-14-/t24?,25-,28-/m1/s1. The summed E-state index contributed by atoms with van der Waals surface area (Å²) in [5.41, 5.74) is 2.56. The highest BCUT2D eigenvalue weighted by Gasteiger charge is 2.37. The van der Waals surface area contributed by atoms with Crippen molar-refractivity contribution in [1.82, 2.24) is 10.2 Å². The van der Waals surface area contributed by atoms with Gasteiger partial charge in [0.05, 0.1) is 26.0 Å². The van der Waals surface area contributed by atoms with Gasteiger partial charge in [0.1, 0.15) is 0 Å². The number of rotatable bonds is 12. The van der Waals surface area contributed by atoms with Gasteiger partial charge in [-0.1, -0.05) is 78.0 Å². The number of likely N-dealkylation sites (tertiary alicyclic amines) is 1. The molecule has 2 rings (SSSR count). The van der Waals surface area contributed by atoms with E-state index in [0.29, 0.717) is 31.9 Å². The van der Waals surface area contributed by atoms with Crippen LogP contribution in [0.15, 0.2) is 47.6 Å². The monoisotopic (exact) mass is 500 g/mol. The maximum absolute atomic E-state index is 13.2. The average molecular weight is 501 g/mol. The molecule has 1 fully saturated rings. The summed E-state index contributed by atoms with van der Waals surface area (Å²) in [5, 5.41) is 3.41. The lowest BCUT2D eigenvalue weighted by Crippen LogP contribution is -2.54. The summed E-state index contributed by atoms with van der Waals surface area (Å²) in [6.07, 6.45) is 18.7. The molecular formula is C31H52N2O3. The molecule has 0 aromatic heterocycles. The number of nitrogens with zero attached hydrogens (tertiary/aromatic N) is 1. The van der Waals surface area contributed by atoms with Gasteiger partial charge in [-0.25, -0.2) is 0 Å². The summed E-state index contributed by atoms with van der Waals surface area (Å²) in [6, 6.07) is 0.0895. The lowest BCUT2D eigenvalue weighted by atomic mass is 9.85. The van der Waals surface area contributed by atoms with Crippen molar-refractivity contribution in [3.05, 3.63) is 47.6 Å². The lowest BCUT2D eigenvalue weighted by Gasteiger charge is -2.35. The highest BCUT2D eigenvalue weighted by atomic mass is 16.5. The van der Waals surface area contributed by atoms with Crippen molar-refractivity contribution in [2.45, 2.75) is 92.7 Å². The first-order chi connectivity index (χ1) is 16.9. The lowest BCUT2D eigenvalue weighted by molar-refractivity contribution is -0.137. The summed E-state index contributed by atoms with van der Waals surface area (Å²) in [7, 11) is 1.73. The van der Waals surface area contributed by atoms with Crippen molar-refractivity contribution in [3.8, 4) is 0 Å². The molecule has 5 heteroatoms. The Morgan fingerprint density at radius 3 is 2.58 bits per heavy atom. The number of ether oxygens (including phenoxy) is 2. The van der Waals surface area contributed by atoms with Gasteiger partial charge in [-0.2, -0.15) is 0 Å². The van der Waals surface area contributed by atoms with E-state index in [2.05, 4.69) is 90.2 Å². The van der Waals surface area contributed by atoms with Gasteiger partial charge in [0, 0.05) is 19.7 Å². The first-order valence-corrected chi connectivity index (χ1v) is 13.8. The van der Waals surface area contributed by atoms with Crippen LogP contribution in [0.1, 0.15) is 80.6 Å². The van der Waals surface area contributed by atoms with E-state index in [4.69, 9.17) is 9.47 Å². The van der Waals surface area contributed by atoms with Crippen LogP contribution in [0.3, 0.4) is 0 Å². The molecular weight excluding hydrogens is 448 g/mol. The smallest absolute Gasteiger partial charge is 0.240 e. The number of methoxy groups -OCH3 is 1. The Kier molecular flexibility index (Phi) is 12.1. The molecule has 0 bridgehead atoms. The van der Waals surface area contributed by atoms with Crippen molar-refractivity contribution in [2.75, 3.05) is 33.6 Å². The quantitative estimate of drug-likeness (QED) is 0.190. The van der Waals surface area contributed by atoms with Crippen LogP contribution in [-0.2, 0) is 14.3 Å². The highest BCUT2D eigenvalue weighted by Crippen LogP contribution is 2.28. The first-order valence-electron chi connectivity index (χ1n) is 13.8. The number of allylic oxidation sites excluding steroid dienone is 7. The maximum Gasteiger partial charge on any atom is 0.240 e. The molecule has 204 valence electrons. The minimum atomic E-state index is -0.241. The summed E-state index contributed by atoms with van der Waals surface area (Å²) >= 11 is 0. The van der Waals surface area contributed by atoms with E-state index in [-0.39, 0.29) is 22.8 Å². The Balaban J connectivity index is 1.79. The molecule has 1 heterocycles. The molecule has 1 aliphatic heterocycles. The van der Waals surface area contributed by atoms with E-state index in [1.165, 1.54) is 11.1 Å². The SMILES string of the molecule is COC/C=C1/C=CC(C)C/C1=C/C/C=C\CC(C)(C)COCN[C@H](C(=O)N1CCC[C@H]1C)C(C)(C)C. The molecule has 36 heavy (non-hydrogen) atoms. The van der Waals surface area contributed by atoms with Crippen LogP contribution >= 0.6 is 0 Å². The molecule has 3 atom stereocenters. The summed E-state index contributed by atoms with van der Waals surface area (Å²) in [6.45, 7) is 17.8. The van der Waals surface area contributed by atoms with Gasteiger partial charge in [-0.15, -0.1) is 0 Å². The number of hydrogen-bond donors (Lipinski definition) is 1. The number of carbonyl (C=O) groups is 1. The number of carbonyl (C=O) groups excluding carboxylic acids is 1. The van der Waals surface area contributed by atoms with E-state index >= 15 is 0 Å². The van der Waals surface area contributed by atoms with Crippen LogP contribution in [-0.4, -0.2) is 56.5 Å². The Morgan fingerprint density at radius 2 is 1.94 bits per heavy atom. The second-order valence-corrected chi connectivity index (χ2v) is 12.5. The molecule has 1 unspecified atom stereocenters. The molecule has 1 N–H and O–H groups in total. The minimum absolute atomic E-state index is 0.0294. The van der Waals surface area contributed by atoms with Crippen LogP contribution in [0.4, 0.5) is 0 Å². The summed E-state index contributed by atoms with van der Waals surface area (Å²) in [5.74, 6) is 0.784. The van der Waals surface area contributed by atoms with E-state index in [9.17, 15) is 4.79 Å². The molecule has 1 aliphatic carbocycles. The third-order valence-corrected chi connectivity index (χ3v) is 7.16. The predicted octanol–water partition coefficient (Wildman–Crippen LogP) is 6.43. The molecule has 0 radical (unpaired) electrons. The highest BCUT2D eigenvalue weighted by molar-refractivity contribution is 5.83. The van der Waals surface area contributed by atoms with Gasteiger partial charge >= 0.3 is 0 Å². The number of amides is 1. The fraction of sp³-hybridized carbons (Fsp3) is 0.710. The molecule has 0 spiro atoms. The fourth-order valence-electron chi connectivity index (χ4n) is 4.91. The van der Waals surface area contributed by atoms with Crippen LogP contribution in [0.2, 0.25) is 0 Å². The molecule has 1 amide bonds. The van der Waals surface area contributed by atoms with Crippen molar-refractivity contribution in [1.29, 1.82) is 0 Å². The van der Waals surface area contributed by atoms with Gasteiger partial charge in [0.25, 0.3) is 0 Å². The zero-order chi connectivity index (χ0) is 26.8. The Labute approximate surface area is 221 Å². The van der Waals surface area contributed by atoms with E-state index < -0.39 is 0 Å². The molecule has 1 saturated heterocycles. The third kappa shape index (κ3) is 9.99. The fourth-order valence-corrected chi connectivity index (χ4v) is 4.91. The molecule has 0 aromatic rings. The molecule has 2 aliphatic rings. The normalized spacial score (nSPS) is 24.4. The van der Waals surface area contributed by atoms with Gasteiger partial charge in [0.15, 0.2) is 0 Å².